The normalized spacial score (nSPS) is 21.7. The Morgan fingerprint density at radius 2 is 2.35 bits per heavy atom. The predicted molar refractivity (Wildman–Crippen MR) is 87.2 cm³/mol. The molecule has 20 heavy (non-hydrogen) atoms. The Hall–Kier alpha value is -0.370. The third-order valence-corrected chi connectivity index (χ3v) is 6.24. The molecule has 2 aliphatic rings. The lowest BCUT2D eigenvalue weighted by Crippen LogP contribution is -2.34. The van der Waals surface area contributed by atoms with E-state index in [9.17, 15) is 4.79 Å². The Balaban J connectivity index is 0.00000147. The number of carbonyl (C=O) groups is 1. The smallest absolute Gasteiger partial charge is 0.272 e. The zero-order valence-electron chi connectivity index (χ0n) is 11.1. The van der Waals surface area contributed by atoms with Crippen LogP contribution in [0.15, 0.2) is 0 Å². The molecule has 3 N–H and O–H groups in total. The number of fused-ring (bicyclic) bond motifs is 1. The van der Waals surface area contributed by atoms with Crippen molar-refractivity contribution >= 4 is 41.8 Å². The lowest BCUT2D eigenvalue weighted by Gasteiger charge is -2.21. The molecule has 1 aromatic heterocycles. The van der Waals surface area contributed by atoms with Crippen molar-refractivity contribution in [3.8, 4) is 0 Å². The fourth-order valence-electron chi connectivity index (χ4n) is 2.36. The van der Waals surface area contributed by atoms with Crippen LogP contribution in [0.3, 0.4) is 0 Å². The number of hydrogen-bond donors (Lipinski definition) is 3. The summed E-state index contributed by atoms with van der Waals surface area (Å²) in [7, 11) is 0. The summed E-state index contributed by atoms with van der Waals surface area (Å²) in [4.78, 5) is 12.2. The van der Waals surface area contributed by atoms with Gasteiger partial charge in [-0.25, -0.2) is 0 Å². The van der Waals surface area contributed by atoms with Gasteiger partial charge in [0.2, 0.25) is 0 Å². The van der Waals surface area contributed by atoms with Gasteiger partial charge in [0.1, 0.15) is 0 Å². The topological polar surface area (TPSA) is 69.8 Å². The summed E-state index contributed by atoms with van der Waals surface area (Å²) in [6.07, 6.45) is 0.921. The molecule has 1 fully saturated rings. The predicted octanol–water partition coefficient (Wildman–Crippen LogP) is 1.06. The van der Waals surface area contributed by atoms with Gasteiger partial charge in [0.25, 0.3) is 5.91 Å². The maximum Gasteiger partial charge on any atom is 0.272 e. The van der Waals surface area contributed by atoms with Gasteiger partial charge in [0, 0.05) is 59.8 Å². The van der Waals surface area contributed by atoms with E-state index in [-0.39, 0.29) is 18.3 Å². The van der Waals surface area contributed by atoms with Crippen molar-refractivity contribution in [3.63, 3.8) is 0 Å². The average Bonchev–Trinajstić information content (AvgIpc) is 2.90. The molecular formula is C12H19ClN4OS2. The third-order valence-electron chi connectivity index (χ3n) is 3.40. The lowest BCUT2D eigenvalue weighted by atomic mass is 10.1. The molecule has 1 saturated heterocycles. The zero-order valence-corrected chi connectivity index (χ0v) is 13.6. The minimum absolute atomic E-state index is 0. The molecule has 2 aliphatic heterocycles. The van der Waals surface area contributed by atoms with E-state index in [1.54, 1.807) is 0 Å². The minimum atomic E-state index is -0.0441. The van der Waals surface area contributed by atoms with Crippen molar-refractivity contribution in [2.75, 3.05) is 30.3 Å². The molecule has 8 heteroatoms. The van der Waals surface area contributed by atoms with Crippen LogP contribution in [0, 0.1) is 0 Å². The molecule has 1 unspecified atom stereocenters. The van der Waals surface area contributed by atoms with Gasteiger partial charge in [0.15, 0.2) is 5.69 Å². The molecular weight excluding hydrogens is 316 g/mol. The van der Waals surface area contributed by atoms with E-state index in [0.29, 0.717) is 10.9 Å². The highest BCUT2D eigenvalue weighted by Crippen LogP contribution is 2.23. The molecule has 1 amide bonds. The molecule has 5 nitrogen and oxygen atoms in total. The van der Waals surface area contributed by atoms with E-state index >= 15 is 0 Å². The number of aromatic amines is 1. The minimum Gasteiger partial charge on any atom is -0.349 e. The fourth-order valence-corrected chi connectivity index (χ4v) is 4.97. The largest absolute Gasteiger partial charge is 0.349 e. The van der Waals surface area contributed by atoms with E-state index in [4.69, 9.17) is 0 Å². The van der Waals surface area contributed by atoms with Gasteiger partial charge in [-0.2, -0.15) is 28.6 Å². The van der Waals surface area contributed by atoms with Gasteiger partial charge < -0.3 is 10.6 Å². The number of hydrogen-bond acceptors (Lipinski definition) is 5. The lowest BCUT2D eigenvalue weighted by molar-refractivity contribution is 0.0948. The Kier molecular flexibility index (Phi) is 6.07. The van der Waals surface area contributed by atoms with E-state index in [1.807, 2.05) is 23.5 Å². The van der Waals surface area contributed by atoms with E-state index < -0.39 is 0 Å². The summed E-state index contributed by atoms with van der Waals surface area (Å²) >= 11 is 3.93. The molecule has 1 aromatic rings. The van der Waals surface area contributed by atoms with Crippen molar-refractivity contribution in [1.82, 2.24) is 20.8 Å². The van der Waals surface area contributed by atoms with Gasteiger partial charge in [0.05, 0.1) is 0 Å². The van der Waals surface area contributed by atoms with Crippen molar-refractivity contribution in [3.05, 3.63) is 17.0 Å². The van der Waals surface area contributed by atoms with Crippen LogP contribution in [-0.2, 0) is 13.0 Å². The van der Waals surface area contributed by atoms with Crippen LogP contribution in [-0.4, -0.2) is 51.7 Å². The number of rotatable bonds is 3. The first-order valence-corrected chi connectivity index (χ1v) is 8.79. The number of amides is 1. The van der Waals surface area contributed by atoms with Crippen LogP contribution in [0.4, 0.5) is 0 Å². The van der Waals surface area contributed by atoms with Crippen LogP contribution < -0.4 is 10.6 Å². The average molecular weight is 335 g/mol. The molecule has 1 atom stereocenters. The first kappa shape index (κ1) is 16.0. The second-order valence-electron chi connectivity index (χ2n) is 4.73. The third kappa shape index (κ3) is 3.63. The molecule has 3 rings (SSSR count). The molecule has 3 heterocycles. The van der Waals surface area contributed by atoms with Gasteiger partial charge in [-0.05, 0) is 0 Å². The van der Waals surface area contributed by atoms with Gasteiger partial charge >= 0.3 is 0 Å². The Bertz CT molecular complexity index is 462. The quantitative estimate of drug-likeness (QED) is 0.771. The van der Waals surface area contributed by atoms with Crippen LogP contribution in [0.25, 0.3) is 0 Å². The first-order valence-electron chi connectivity index (χ1n) is 6.59. The van der Waals surface area contributed by atoms with Crippen LogP contribution in [0.5, 0.6) is 0 Å². The van der Waals surface area contributed by atoms with Crippen molar-refractivity contribution in [1.29, 1.82) is 0 Å². The summed E-state index contributed by atoms with van der Waals surface area (Å²) in [6.45, 7) is 2.43. The van der Waals surface area contributed by atoms with E-state index in [2.05, 4.69) is 20.8 Å². The number of halogens is 1. The molecule has 0 spiro atoms. The molecule has 0 bridgehead atoms. The summed E-state index contributed by atoms with van der Waals surface area (Å²) in [5.41, 5.74) is 2.71. The number of aromatic nitrogens is 2. The zero-order chi connectivity index (χ0) is 13.1. The number of nitrogens with zero attached hydrogens (tertiary/aromatic N) is 1. The molecule has 112 valence electrons. The van der Waals surface area contributed by atoms with Crippen LogP contribution in [0.2, 0.25) is 0 Å². The Labute approximate surface area is 133 Å². The monoisotopic (exact) mass is 334 g/mol. The summed E-state index contributed by atoms with van der Waals surface area (Å²) in [5, 5.41) is 14.0. The van der Waals surface area contributed by atoms with Gasteiger partial charge in [-0.1, -0.05) is 0 Å². The highest BCUT2D eigenvalue weighted by molar-refractivity contribution is 8.06. The van der Waals surface area contributed by atoms with Gasteiger partial charge in [-0.15, -0.1) is 12.4 Å². The molecule has 0 saturated carbocycles. The molecule has 0 radical (unpaired) electrons. The first-order chi connectivity index (χ1) is 9.34. The highest BCUT2D eigenvalue weighted by Gasteiger charge is 2.22. The van der Waals surface area contributed by atoms with E-state index in [1.165, 1.54) is 11.5 Å². The number of carbonyl (C=O) groups excluding carboxylic acids is 1. The van der Waals surface area contributed by atoms with Crippen molar-refractivity contribution in [2.45, 2.75) is 18.2 Å². The molecule has 0 aliphatic carbocycles. The number of nitrogens with one attached hydrogen (secondary N) is 3. The van der Waals surface area contributed by atoms with Crippen molar-refractivity contribution in [2.24, 2.45) is 0 Å². The second kappa shape index (κ2) is 7.59. The standard InChI is InChI=1S/C12H18N4OS2.ClH/c17-12(14-5-8-7-18-3-4-19-8)11-9-6-13-2-1-10(9)15-16-11;/h8,13H,1-7H2,(H,14,17)(H,15,16);1H. The highest BCUT2D eigenvalue weighted by atomic mass is 35.5. The Morgan fingerprint density at radius 3 is 3.15 bits per heavy atom. The van der Waals surface area contributed by atoms with E-state index in [0.717, 1.165) is 43.1 Å². The maximum atomic E-state index is 12.2. The molecule has 0 aromatic carbocycles. The van der Waals surface area contributed by atoms with Crippen LogP contribution in [0.1, 0.15) is 21.7 Å². The summed E-state index contributed by atoms with van der Waals surface area (Å²) in [5.74, 6) is 3.50. The number of thioether (sulfide) groups is 2. The van der Waals surface area contributed by atoms with Crippen LogP contribution >= 0.6 is 35.9 Å². The summed E-state index contributed by atoms with van der Waals surface area (Å²) in [6, 6.07) is 0. The SMILES string of the molecule is Cl.O=C(NCC1CSCCS1)c1n[nH]c2c1CNCC2. The fraction of sp³-hybridized carbons (Fsp3) is 0.667. The second-order valence-corrected chi connectivity index (χ2v) is 7.29. The van der Waals surface area contributed by atoms with Crippen molar-refractivity contribution < 1.29 is 4.79 Å². The van der Waals surface area contributed by atoms with Gasteiger partial charge in [-0.3, -0.25) is 9.89 Å². The Morgan fingerprint density at radius 1 is 1.45 bits per heavy atom. The summed E-state index contributed by atoms with van der Waals surface area (Å²) < 4.78 is 0. The number of H-pyrrole nitrogens is 1. The maximum absolute atomic E-state index is 12.2.